The number of rotatable bonds is 12. The third kappa shape index (κ3) is 9.56. The number of piperidine rings is 1. The molecule has 3 aliphatic rings. The van der Waals surface area contributed by atoms with Gasteiger partial charge in [-0.1, -0.05) is 29.3 Å². The standard InChI is InChI=1S/C39H38Cl2F3N7O5S/c1-38(2)36(55)50(28-18-30(39(42,43)44)32(20-45)46-21-28)37(57)51(38)27-4-5-33(31(41)19-27)56-12-11-48-7-9-49(10-8-48)22-29(52)17-24-13-23(15-26(40)16-24)14-25-3-6-34(53)47-35(25)54/h4-5,13,15-16,18-19,21,25H,3,6-12,14,17,22H2,1-2H3,(H,47,53,54). The second-order valence-corrected chi connectivity index (χ2v) is 15.8. The second kappa shape index (κ2) is 17.1. The van der Waals surface area contributed by atoms with Gasteiger partial charge in [0.05, 0.1) is 29.0 Å². The summed E-state index contributed by atoms with van der Waals surface area (Å²) in [5, 5.41) is 12.2. The zero-order valence-electron chi connectivity index (χ0n) is 31.0. The van der Waals surface area contributed by atoms with Crippen molar-refractivity contribution in [3.8, 4) is 11.8 Å². The number of piperazine rings is 1. The SMILES string of the molecule is CC1(C)C(=O)N(c2cnc(C#N)c(C(F)(F)F)c2)C(=S)N1c1ccc(OCCN2CCN(CC(=O)Cc3cc(Cl)cc(CC4CCC(=O)NC4=O)c3)CC2)c(Cl)c1. The number of hydrogen-bond acceptors (Lipinski definition) is 10. The molecular formula is C39H38Cl2F3N7O5S. The molecule has 3 aliphatic heterocycles. The molecule has 18 heteroatoms. The predicted molar refractivity (Wildman–Crippen MR) is 210 cm³/mol. The van der Waals surface area contributed by atoms with Gasteiger partial charge in [0.25, 0.3) is 5.91 Å². The molecule has 3 saturated heterocycles. The first-order valence-electron chi connectivity index (χ1n) is 18.1. The number of ketones is 1. The first kappa shape index (κ1) is 42.0. The van der Waals surface area contributed by atoms with Crippen molar-refractivity contribution in [3.63, 3.8) is 0 Å². The van der Waals surface area contributed by atoms with Gasteiger partial charge in [-0.3, -0.25) is 39.2 Å². The zero-order valence-corrected chi connectivity index (χ0v) is 33.3. The summed E-state index contributed by atoms with van der Waals surface area (Å²) in [6.45, 7) is 7.21. The second-order valence-electron chi connectivity index (χ2n) is 14.6. The number of thiocarbonyl (C=S) groups is 1. The van der Waals surface area contributed by atoms with E-state index in [0.717, 1.165) is 35.3 Å². The van der Waals surface area contributed by atoms with E-state index in [9.17, 15) is 32.3 Å². The highest BCUT2D eigenvalue weighted by Gasteiger charge is 2.51. The molecular weight excluding hydrogens is 806 g/mol. The molecule has 57 heavy (non-hydrogen) atoms. The Kier molecular flexibility index (Phi) is 12.6. The Labute approximate surface area is 342 Å². The minimum atomic E-state index is -4.87. The van der Waals surface area contributed by atoms with Crippen molar-refractivity contribution in [2.24, 2.45) is 5.92 Å². The summed E-state index contributed by atoms with van der Waals surface area (Å²) in [5.41, 5.74) is -1.57. The molecule has 12 nitrogen and oxygen atoms in total. The van der Waals surface area contributed by atoms with Gasteiger partial charge in [0.15, 0.2) is 16.6 Å². The van der Waals surface area contributed by atoms with Crippen molar-refractivity contribution in [2.75, 3.05) is 55.7 Å². The highest BCUT2D eigenvalue weighted by Crippen LogP contribution is 2.41. The van der Waals surface area contributed by atoms with Gasteiger partial charge < -0.3 is 9.64 Å². The number of imide groups is 1. The van der Waals surface area contributed by atoms with Gasteiger partial charge in [0.2, 0.25) is 11.8 Å². The number of aromatic nitrogens is 1. The summed E-state index contributed by atoms with van der Waals surface area (Å²) in [6, 6.07) is 12.4. The molecule has 3 fully saturated rings. The van der Waals surface area contributed by atoms with Crippen molar-refractivity contribution >= 4 is 75.4 Å². The highest BCUT2D eigenvalue weighted by atomic mass is 35.5. The number of carbonyl (C=O) groups excluding carboxylic acids is 4. The number of pyridine rings is 1. The van der Waals surface area contributed by atoms with E-state index in [4.69, 9.17) is 45.4 Å². The number of hydrogen-bond donors (Lipinski definition) is 1. The summed E-state index contributed by atoms with van der Waals surface area (Å²) in [7, 11) is 0. The molecule has 0 aliphatic carbocycles. The molecule has 4 heterocycles. The molecule has 0 radical (unpaired) electrons. The third-order valence-corrected chi connectivity index (χ3v) is 11.0. The summed E-state index contributed by atoms with van der Waals surface area (Å²) in [6.07, 6.45) is -2.43. The van der Waals surface area contributed by atoms with Crippen LogP contribution < -0.4 is 19.9 Å². The van der Waals surface area contributed by atoms with E-state index in [1.807, 2.05) is 6.07 Å². The average Bonchev–Trinajstić information content (AvgIpc) is 3.31. The summed E-state index contributed by atoms with van der Waals surface area (Å²) in [4.78, 5) is 60.7. The van der Waals surface area contributed by atoms with Crippen molar-refractivity contribution in [3.05, 3.63) is 81.1 Å². The average molecular weight is 845 g/mol. The van der Waals surface area contributed by atoms with Gasteiger partial charge >= 0.3 is 6.18 Å². The van der Waals surface area contributed by atoms with Crippen LogP contribution in [0.5, 0.6) is 5.75 Å². The number of alkyl halides is 3. The lowest BCUT2D eigenvalue weighted by atomic mass is 9.90. The van der Waals surface area contributed by atoms with Gasteiger partial charge in [-0.15, -0.1) is 0 Å². The monoisotopic (exact) mass is 843 g/mol. The minimum Gasteiger partial charge on any atom is -0.491 e. The Balaban J connectivity index is 0.983. The first-order chi connectivity index (χ1) is 26.9. The molecule has 2 aromatic carbocycles. The number of nitrogens with one attached hydrogen (secondary N) is 1. The Hall–Kier alpha value is -4.66. The number of benzene rings is 2. The van der Waals surface area contributed by atoms with E-state index in [-0.39, 0.29) is 45.8 Å². The topological polar surface area (TPSA) is 139 Å². The molecule has 0 spiro atoms. The van der Waals surface area contributed by atoms with Crippen LogP contribution in [0.25, 0.3) is 0 Å². The smallest absolute Gasteiger partial charge is 0.419 e. The molecule has 300 valence electrons. The number of nitrogens with zero attached hydrogens (tertiary/aromatic N) is 6. The van der Waals surface area contributed by atoms with E-state index in [1.165, 1.54) is 11.0 Å². The molecule has 3 amide bonds. The predicted octanol–water partition coefficient (Wildman–Crippen LogP) is 5.60. The fourth-order valence-electron chi connectivity index (χ4n) is 7.23. The summed E-state index contributed by atoms with van der Waals surface area (Å²) in [5.74, 6) is -1.01. The van der Waals surface area contributed by atoms with Gasteiger partial charge in [0, 0.05) is 62.2 Å². The molecule has 1 atom stereocenters. The van der Waals surface area contributed by atoms with E-state index in [2.05, 4.69) is 20.1 Å². The number of anilines is 2. The van der Waals surface area contributed by atoms with Crippen LogP contribution in [0.3, 0.4) is 0 Å². The van der Waals surface area contributed by atoms with E-state index < -0.39 is 28.9 Å². The van der Waals surface area contributed by atoms with Gasteiger partial charge in [-0.25, -0.2) is 4.98 Å². The normalized spacial score (nSPS) is 19.2. The van der Waals surface area contributed by atoms with Crippen LogP contribution in [0.1, 0.15) is 49.1 Å². The molecule has 1 N–H and O–H groups in total. The van der Waals surface area contributed by atoms with E-state index in [0.29, 0.717) is 74.6 Å². The fourth-order valence-corrected chi connectivity index (χ4v) is 8.26. The number of carbonyl (C=O) groups is 4. The minimum absolute atomic E-state index is 0.0519. The maximum absolute atomic E-state index is 13.7. The maximum Gasteiger partial charge on any atom is 0.419 e. The van der Waals surface area contributed by atoms with Gasteiger partial charge in [0.1, 0.15) is 24.0 Å². The van der Waals surface area contributed by atoms with Crippen LogP contribution in [0.4, 0.5) is 24.5 Å². The zero-order chi connectivity index (χ0) is 41.2. The van der Waals surface area contributed by atoms with E-state index >= 15 is 0 Å². The Morgan fingerprint density at radius 1 is 1.04 bits per heavy atom. The van der Waals surface area contributed by atoms with Crippen molar-refractivity contribution < 1.29 is 37.1 Å². The van der Waals surface area contributed by atoms with Gasteiger partial charge in [-0.2, -0.15) is 18.4 Å². The quantitative estimate of drug-likeness (QED) is 0.180. The van der Waals surface area contributed by atoms with Crippen LogP contribution in [0, 0.1) is 17.2 Å². The lowest BCUT2D eigenvalue weighted by molar-refractivity contribution is -0.138. The molecule has 1 unspecified atom stereocenters. The Bertz CT molecular complexity index is 2160. The van der Waals surface area contributed by atoms with Crippen LogP contribution in [-0.2, 0) is 38.2 Å². The fraction of sp³-hybridized carbons (Fsp3) is 0.410. The van der Waals surface area contributed by atoms with Crippen LogP contribution in [0.2, 0.25) is 10.0 Å². The van der Waals surface area contributed by atoms with Crippen LogP contribution in [-0.4, -0.2) is 94.8 Å². The molecule has 6 rings (SSSR count). The highest BCUT2D eigenvalue weighted by molar-refractivity contribution is 7.81. The van der Waals surface area contributed by atoms with Crippen molar-refractivity contribution in [2.45, 2.75) is 51.2 Å². The Morgan fingerprint density at radius 2 is 1.74 bits per heavy atom. The number of nitriles is 1. The first-order valence-corrected chi connectivity index (χ1v) is 19.3. The molecule has 0 saturated carbocycles. The number of ether oxygens (including phenoxy) is 1. The number of halogens is 5. The van der Waals surface area contributed by atoms with Crippen molar-refractivity contribution in [1.82, 2.24) is 20.1 Å². The molecule has 3 aromatic rings. The molecule has 1 aromatic heterocycles. The number of amides is 3. The van der Waals surface area contributed by atoms with Crippen LogP contribution in [0.15, 0.2) is 48.7 Å². The van der Waals surface area contributed by atoms with Crippen LogP contribution >= 0.6 is 35.4 Å². The lowest BCUT2D eigenvalue weighted by Crippen LogP contribution is -2.48. The van der Waals surface area contributed by atoms with E-state index in [1.54, 1.807) is 44.2 Å². The lowest BCUT2D eigenvalue weighted by Gasteiger charge is -2.34. The van der Waals surface area contributed by atoms with Gasteiger partial charge in [-0.05, 0) is 86.4 Å². The maximum atomic E-state index is 13.7. The summed E-state index contributed by atoms with van der Waals surface area (Å²) < 4.78 is 47.0. The molecule has 0 bridgehead atoms. The Morgan fingerprint density at radius 3 is 2.40 bits per heavy atom. The number of Topliss-reactive ketones (excluding diaryl/α,β-unsaturated/α-hetero) is 1. The summed E-state index contributed by atoms with van der Waals surface area (Å²) >= 11 is 18.6. The van der Waals surface area contributed by atoms with Crippen molar-refractivity contribution in [1.29, 1.82) is 5.26 Å². The largest absolute Gasteiger partial charge is 0.491 e. The third-order valence-electron chi connectivity index (χ3n) is 10.2.